The van der Waals surface area contributed by atoms with Gasteiger partial charge in [0.05, 0.1) is 6.20 Å². The van der Waals surface area contributed by atoms with E-state index < -0.39 is 5.97 Å². The molecule has 0 bridgehead atoms. The highest BCUT2D eigenvalue weighted by Crippen LogP contribution is 2.13. The van der Waals surface area contributed by atoms with Gasteiger partial charge in [-0.25, -0.2) is 9.78 Å². The summed E-state index contributed by atoms with van der Waals surface area (Å²) in [6, 6.07) is 0. The molecule has 0 radical (unpaired) electrons. The number of carboxylic acid groups (broad SMARTS) is 1. The molecule has 0 aliphatic heterocycles. The highest BCUT2D eigenvalue weighted by atomic mass is 16.4. The molecule has 2 N–H and O–H groups in total. The quantitative estimate of drug-likeness (QED) is 0.753. The second-order valence-corrected chi connectivity index (χ2v) is 3.35. The van der Waals surface area contributed by atoms with Crippen molar-refractivity contribution in [2.24, 2.45) is 0 Å². The van der Waals surface area contributed by atoms with Crippen LogP contribution in [0.4, 0.5) is 5.95 Å². The van der Waals surface area contributed by atoms with Gasteiger partial charge >= 0.3 is 5.97 Å². The standard InChI is InChI=1S/C10H11N5O2/c1-6-13-9-7(3-4-8(16)17)5-12-15(9)10(11-2)14-6/h3-5H,1-2H3,(H,16,17)(H,11,13,14). The summed E-state index contributed by atoms with van der Waals surface area (Å²) in [5, 5.41) is 15.6. The first-order valence-corrected chi connectivity index (χ1v) is 4.93. The second kappa shape index (κ2) is 4.20. The fraction of sp³-hybridized carbons (Fsp3) is 0.200. The predicted molar refractivity (Wildman–Crippen MR) is 61.7 cm³/mol. The molecule has 0 saturated carbocycles. The Kier molecular flexibility index (Phi) is 2.73. The topological polar surface area (TPSA) is 92.4 Å². The van der Waals surface area contributed by atoms with Crippen LogP contribution < -0.4 is 5.32 Å². The van der Waals surface area contributed by atoms with Crippen molar-refractivity contribution in [2.75, 3.05) is 12.4 Å². The van der Waals surface area contributed by atoms with Crippen LogP contribution >= 0.6 is 0 Å². The smallest absolute Gasteiger partial charge is 0.328 e. The first kappa shape index (κ1) is 11.1. The molecule has 0 aromatic carbocycles. The average molecular weight is 233 g/mol. The maximum atomic E-state index is 10.5. The largest absolute Gasteiger partial charge is 0.478 e. The average Bonchev–Trinajstić information content (AvgIpc) is 2.68. The van der Waals surface area contributed by atoms with Crippen LogP contribution in [0.1, 0.15) is 11.4 Å². The van der Waals surface area contributed by atoms with Crippen LogP contribution in [-0.2, 0) is 4.79 Å². The summed E-state index contributed by atoms with van der Waals surface area (Å²) in [6.45, 7) is 1.76. The third-order valence-corrected chi connectivity index (χ3v) is 2.14. The maximum Gasteiger partial charge on any atom is 0.328 e. The minimum atomic E-state index is -1.01. The molecule has 0 spiro atoms. The maximum absolute atomic E-state index is 10.5. The Morgan fingerprint density at radius 3 is 2.94 bits per heavy atom. The number of rotatable bonds is 3. The lowest BCUT2D eigenvalue weighted by atomic mass is 10.3. The molecule has 88 valence electrons. The van der Waals surface area contributed by atoms with Crippen LogP contribution in [0.25, 0.3) is 11.7 Å². The number of anilines is 1. The molecule has 2 aromatic rings. The number of fused-ring (bicyclic) bond motifs is 1. The molecule has 7 nitrogen and oxygen atoms in total. The van der Waals surface area contributed by atoms with E-state index >= 15 is 0 Å². The fourth-order valence-electron chi connectivity index (χ4n) is 1.44. The van der Waals surface area contributed by atoms with Gasteiger partial charge in [-0.15, -0.1) is 0 Å². The molecule has 2 rings (SSSR count). The molecule has 0 fully saturated rings. The molecule has 0 aliphatic carbocycles. The molecular weight excluding hydrogens is 222 g/mol. The van der Waals surface area contributed by atoms with Crippen molar-refractivity contribution >= 4 is 23.6 Å². The van der Waals surface area contributed by atoms with E-state index in [1.165, 1.54) is 10.6 Å². The van der Waals surface area contributed by atoms with Gasteiger partial charge in [0.25, 0.3) is 0 Å². The molecule has 0 atom stereocenters. The first-order chi connectivity index (χ1) is 8.11. The molecule has 2 heterocycles. The van der Waals surface area contributed by atoms with Gasteiger partial charge in [-0.05, 0) is 13.0 Å². The van der Waals surface area contributed by atoms with Crippen molar-refractivity contribution < 1.29 is 9.90 Å². The lowest BCUT2D eigenvalue weighted by molar-refractivity contribution is -0.131. The number of aliphatic carboxylic acids is 1. The molecule has 0 saturated heterocycles. The highest BCUT2D eigenvalue weighted by molar-refractivity contribution is 5.86. The van der Waals surface area contributed by atoms with E-state index in [-0.39, 0.29) is 0 Å². The Labute approximate surface area is 96.8 Å². The third-order valence-electron chi connectivity index (χ3n) is 2.14. The van der Waals surface area contributed by atoms with E-state index in [0.717, 1.165) is 6.08 Å². The number of hydrogen-bond donors (Lipinski definition) is 2. The molecule has 17 heavy (non-hydrogen) atoms. The summed E-state index contributed by atoms with van der Waals surface area (Å²) in [5.74, 6) is 0.138. The number of hydrogen-bond acceptors (Lipinski definition) is 5. The molecule has 0 unspecified atom stereocenters. The highest BCUT2D eigenvalue weighted by Gasteiger charge is 2.08. The van der Waals surface area contributed by atoms with Crippen LogP contribution in [0.3, 0.4) is 0 Å². The van der Waals surface area contributed by atoms with Crippen molar-refractivity contribution in [3.63, 3.8) is 0 Å². The number of aryl methyl sites for hydroxylation is 1. The number of carboxylic acids is 1. The van der Waals surface area contributed by atoms with E-state index in [0.29, 0.717) is 23.0 Å². The van der Waals surface area contributed by atoms with Crippen LogP contribution in [0.15, 0.2) is 12.3 Å². The van der Waals surface area contributed by atoms with Crippen molar-refractivity contribution in [2.45, 2.75) is 6.92 Å². The van der Waals surface area contributed by atoms with Crippen LogP contribution in [0.5, 0.6) is 0 Å². The number of nitrogens with one attached hydrogen (secondary N) is 1. The van der Waals surface area contributed by atoms with Crippen LogP contribution in [-0.4, -0.2) is 37.7 Å². The van der Waals surface area contributed by atoms with E-state index in [1.807, 2.05) is 0 Å². The van der Waals surface area contributed by atoms with Gasteiger partial charge < -0.3 is 10.4 Å². The van der Waals surface area contributed by atoms with Crippen molar-refractivity contribution in [1.29, 1.82) is 0 Å². The number of carbonyl (C=O) groups is 1. The van der Waals surface area contributed by atoms with Crippen LogP contribution in [0, 0.1) is 6.92 Å². The summed E-state index contributed by atoms with van der Waals surface area (Å²) < 4.78 is 1.52. The molecule has 0 amide bonds. The molecule has 7 heteroatoms. The summed E-state index contributed by atoms with van der Waals surface area (Å²) in [5.41, 5.74) is 1.20. The van der Waals surface area contributed by atoms with E-state index in [2.05, 4.69) is 20.4 Å². The number of nitrogens with zero attached hydrogens (tertiary/aromatic N) is 4. The van der Waals surface area contributed by atoms with Gasteiger partial charge in [-0.1, -0.05) is 0 Å². The van der Waals surface area contributed by atoms with Crippen molar-refractivity contribution in [3.8, 4) is 0 Å². The zero-order chi connectivity index (χ0) is 12.4. The summed E-state index contributed by atoms with van der Waals surface area (Å²) >= 11 is 0. The normalized spacial score (nSPS) is 11.2. The van der Waals surface area contributed by atoms with Crippen molar-refractivity contribution in [3.05, 3.63) is 23.7 Å². The van der Waals surface area contributed by atoms with E-state index in [1.54, 1.807) is 20.2 Å². The zero-order valence-corrected chi connectivity index (χ0v) is 9.38. The lowest BCUT2D eigenvalue weighted by Crippen LogP contribution is -2.05. The Hall–Kier alpha value is -2.44. The van der Waals surface area contributed by atoms with E-state index in [9.17, 15) is 4.79 Å². The zero-order valence-electron chi connectivity index (χ0n) is 9.38. The van der Waals surface area contributed by atoms with Gasteiger partial charge in [-0.2, -0.15) is 14.6 Å². The van der Waals surface area contributed by atoms with E-state index in [4.69, 9.17) is 5.11 Å². The Morgan fingerprint density at radius 1 is 1.53 bits per heavy atom. The van der Waals surface area contributed by atoms with Crippen molar-refractivity contribution in [1.82, 2.24) is 19.6 Å². The second-order valence-electron chi connectivity index (χ2n) is 3.35. The minimum absolute atomic E-state index is 0.558. The first-order valence-electron chi connectivity index (χ1n) is 4.93. The molecule has 2 aromatic heterocycles. The molecule has 0 aliphatic rings. The Balaban J connectivity index is 2.60. The van der Waals surface area contributed by atoms with Gasteiger partial charge in [0.15, 0.2) is 5.65 Å². The summed E-state index contributed by atoms with van der Waals surface area (Å²) in [6.07, 6.45) is 4.05. The Bertz CT molecular complexity index is 602. The molecular formula is C10H11N5O2. The summed E-state index contributed by atoms with van der Waals surface area (Å²) in [7, 11) is 1.73. The minimum Gasteiger partial charge on any atom is -0.478 e. The SMILES string of the molecule is CNc1nc(C)nc2c(C=CC(=O)O)cnn12. The predicted octanol–water partition coefficient (Wildman–Crippen LogP) is 0.572. The number of aromatic nitrogens is 4. The third kappa shape index (κ3) is 2.07. The van der Waals surface area contributed by atoms with Gasteiger partial charge in [-0.3, -0.25) is 0 Å². The lowest BCUT2D eigenvalue weighted by Gasteiger charge is -2.03. The van der Waals surface area contributed by atoms with Gasteiger partial charge in [0, 0.05) is 18.7 Å². The summed E-state index contributed by atoms with van der Waals surface area (Å²) in [4.78, 5) is 18.9. The van der Waals surface area contributed by atoms with Gasteiger partial charge in [0.1, 0.15) is 5.82 Å². The van der Waals surface area contributed by atoms with Crippen LogP contribution in [0.2, 0.25) is 0 Å². The Morgan fingerprint density at radius 2 is 2.29 bits per heavy atom. The van der Waals surface area contributed by atoms with Gasteiger partial charge in [0.2, 0.25) is 5.95 Å². The fourth-order valence-corrected chi connectivity index (χ4v) is 1.44. The monoisotopic (exact) mass is 233 g/mol.